The van der Waals surface area contributed by atoms with E-state index in [0.717, 1.165) is 5.56 Å². The Morgan fingerprint density at radius 3 is 2.47 bits per heavy atom. The van der Waals surface area contributed by atoms with Crippen molar-refractivity contribution in [2.24, 2.45) is 0 Å². The van der Waals surface area contributed by atoms with Gasteiger partial charge in [-0.15, -0.1) is 0 Å². The van der Waals surface area contributed by atoms with Gasteiger partial charge in [0.25, 0.3) is 0 Å². The summed E-state index contributed by atoms with van der Waals surface area (Å²) in [6, 6.07) is 14.8. The number of benzene rings is 2. The SMILES string of the molecule is Cc1c(-c2ccccc2)oc2c(N)cccc2c1=O. The molecule has 0 unspecified atom stereocenters. The fraction of sp³-hybridized carbons (Fsp3) is 0.0625. The Labute approximate surface area is 110 Å². The molecule has 1 aromatic heterocycles. The first-order chi connectivity index (χ1) is 9.18. The van der Waals surface area contributed by atoms with Gasteiger partial charge in [0.2, 0.25) is 0 Å². The fourth-order valence-electron chi connectivity index (χ4n) is 2.20. The van der Waals surface area contributed by atoms with E-state index in [2.05, 4.69) is 0 Å². The second-order valence-electron chi connectivity index (χ2n) is 4.48. The van der Waals surface area contributed by atoms with Gasteiger partial charge in [-0.1, -0.05) is 36.4 Å². The number of para-hydroxylation sites is 1. The van der Waals surface area contributed by atoms with Crippen LogP contribution < -0.4 is 11.2 Å². The molecule has 19 heavy (non-hydrogen) atoms. The Balaban J connectivity index is 2.42. The standard InChI is InChI=1S/C16H13NO2/c1-10-14(18)12-8-5-9-13(17)16(12)19-15(10)11-6-3-2-4-7-11/h2-9H,17H2,1H3. The first-order valence-electron chi connectivity index (χ1n) is 6.06. The van der Waals surface area contributed by atoms with Gasteiger partial charge in [0.1, 0.15) is 5.76 Å². The molecule has 3 aromatic rings. The first kappa shape index (κ1) is 11.5. The Bertz CT molecular complexity index is 804. The van der Waals surface area contributed by atoms with E-state index in [1.807, 2.05) is 30.3 Å². The van der Waals surface area contributed by atoms with Crippen LogP contribution in [0.1, 0.15) is 5.56 Å². The normalized spacial score (nSPS) is 10.8. The van der Waals surface area contributed by atoms with Gasteiger partial charge in [-0.2, -0.15) is 0 Å². The van der Waals surface area contributed by atoms with Crippen LogP contribution in [0.4, 0.5) is 5.69 Å². The van der Waals surface area contributed by atoms with Crippen LogP contribution in [0.3, 0.4) is 0 Å². The number of rotatable bonds is 1. The van der Waals surface area contributed by atoms with Gasteiger partial charge in [0.15, 0.2) is 11.0 Å². The molecule has 0 aliphatic carbocycles. The van der Waals surface area contributed by atoms with E-state index >= 15 is 0 Å². The van der Waals surface area contributed by atoms with Gasteiger partial charge in [0, 0.05) is 11.1 Å². The molecule has 0 spiro atoms. The highest BCUT2D eigenvalue weighted by atomic mass is 16.3. The molecule has 0 bridgehead atoms. The summed E-state index contributed by atoms with van der Waals surface area (Å²) in [5, 5.41) is 0.525. The third-order valence-corrected chi connectivity index (χ3v) is 3.21. The molecule has 2 N–H and O–H groups in total. The summed E-state index contributed by atoms with van der Waals surface area (Å²) in [7, 11) is 0. The van der Waals surface area contributed by atoms with Crippen LogP contribution in [0.15, 0.2) is 57.7 Å². The third kappa shape index (κ3) is 1.80. The molecule has 0 radical (unpaired) electrons. The van der Waals surface area contributed by atoms with Crippen molar-refractivity contribution in [3.63, 3.8) is 0 Å². The van der Waals surface area contributed by atoms with E-state index in [0.29, 0.717) is 28.0 Å². The summed E-state index contributed by atoms with van der Waals surface area (Å²) >= 11 is 0. The number of fused-ring (bicyclic) bond motifs is 1. The number of hydrogen-bond acceptors (Lipinski definition) is 3. The summed E-state index contributed by atoms with van der Waals surface area (Å²) < 4.78 is 5.87. The molecule has 0 aliphatic heterocycles. The van der Waals surface area contributed by atoms with Crippen molar-refractivity contribution in [1.82, 2.24) is 0 Å². The minimum absolute atomic E-state index is 0.0348. The molecule has 0 saturated heterocycles. The van der Waals surface area contributed by atoms with Crippen molar-refractivity contribution >= 4 is 16.7 Å². The molecule has 0 aliphatic rings. The topological polar surface area (TPSA) is 56.2 Å². The van der Waals surface area contributed by atoms with E-state index in [1.54, 1.807) is 25.1 Å². The zero-order valence-corrected chi connectivity index (χ0v) is 10.5. The summed E-state index contributed by atoms with van der Waals surface area (Å²) in [4.78, 5) is 12.4. The second-order valence-corrected chi connectivity index (χ2v) is 4.48. The quantitative estimate of drug-likeness (QED) is 0.675. The van der Waals surface area contributed by atoms with Gasteiger partial charge in [0.05, 0.1) is 11.1 Å². The Morgan fingerprint density at radius 1 is 1.00 bits per heavy atom. The van der Waals surface area contributed by atoms with E-state index in [4.69, 9.17) is 10.2 Å². The molecule has 0 amide bonds. The Hall–Kier alpha value is -2.55. The van der Waals surface area contributed by atoms with Gasteiger partial charge in [-0.25, -0.2) is 0 Å². The maximum absolute atomic E-state index is 12.4. The van der Waals surface area contributed by atoms with Crippen LogP contribution in [-0.2, 0) is 0 Å². The van der Waals surface area contributed by atoms with Gasteiger partial charge < -0.3 is 10.2 Å². The molecule has 0 atom stereocenters. The zero-order chi connectivity index (χ0) is 13.4. The number of nitrogen functional groups attached to an aromatic ring is 1. The minimum atomic E-state index is -0.0348. The van der Waals surface area contributed by atoms with Crippen molar-refractivity contribution in [3.8, 4) is 11.3 Å². The van der Waals surface area contributed by atoms with Crippen LogP contribution in [0.5, 0.6) is 0 Å². The molecule has 1 heterocycles. The van der Waals surface area contributed by atoms with Crippen molar-refractivity contribution in [2.45, 2.75) is 6.92 Å². The predicted molar refractivity (Wildman–Crippen MR) is 77.1 cm³/mol. The van der Waals surface area contributed by atoms with Gasteiger partial charge in [-0.05, 0) is 19.1 Å². The van der Waals surface area contributed by atoms with Crippen LogP contribution in [0.25, 0.3) is 22.3 Å². The fourth-order valence-corrected chi connectivity index (χ4v) is 2.20. The number of anilines is 1. The largest absolute Gasteiger partial charge is 0.453 e. The maximum Gasteiger partial charge on any atom is 0.196 e. The molecule has 2 aromatic carbocycles. The van der Waals surface area contributed by atoms with Crippen molar-refractivity contribution < 1.29 is 4.42 Å². The summed E-state index contributed by atoms with van der Waals surface area (Å²) in [5.74, 6) is 0.580. The Morgan fingerprint density at radius 2 is 1.74 bits per heavy atom. The van der Waals surface area contributed by atoms with E-state index in [1.165, 1.54) is 0 Å². The van der Waals surface area contributed by atoms with Gasteiger partial charge in [-0.3, -0.25) is 4.79 Å². The molecule has 3 nitrogen and oxygen atoms in total. The highest BCUT2D eigenvalue weighted by Gasteiger charge is 2.13. The second kappa shape index (κ2) is 4.28. The van der Waals surface area contributed by atoms with Crippen LogP contribution in [0, 0.1) is 6.92 Å². The average molecular weight is 251 g/mol. The monoisotopic (exact) mass is 251 g/mol. The van der Waals surface area contributed by atoms with Crippen LogP contribution in [-0.4, -0.2) is 0 Å². The maximum atomic E-state index is 12.4. The smallest absolute Gasteiger partial charge is 0.196 e. The summed E-state index contributed by atoms with van der Waals surface area (Å²) in [6.45, 7) is 1.77. The van der Waals surface area contributed by atoms with Crippen molar-refractivity contribution in [3.05, 3.63) is 64.3 Å². The lowest BCUT2D eigenvalue weighted by molar-refractivity contribution is 0.615. The zero-order valence-electron chi connectivity index (χ0n) is 10.5. The average Bonchev–Trinajstić information content (AvgIpc) is 2.44. The molecule has 94 valence electrons. The highest BCUT2D eigenvalue weighted by molar-refractivity contribution is 5.89. The van der Waals surface area contributed by atoms with E-state index in [9.17, 15) is 4.79 Å². The molecule has 0 saturated carbocycles. The van der Waals surface area contributed by atoms with Crippen molar-refractivity contribution in [1.29, 1.82) is 0 Å². The minimum Gasteiger partial charge on any atom is -0.453 e. The van der Waals surface area contributed by atoms with Crippen molar-refractivity contribution in [2.75, 3.05) is 5.73 Å². The van der Waals surface area contributed by atoms with E-state index < -0.39 is 0 Å². The summed E-state index contributed by atoms with van der Waals surface area (Å²) in [5.41, 5.74) is 8.27. The third-order valence-electron chi connectivity index (χ3n) is 3.21. The lowest BCUT2D eigenvalue weighted by Gasteiger charge is -2.08. The lowest BCUT2D eigenvalue weighted by atomic mass is 10.1. The molecule has 3 heteroatoms. The van der Waals surface area contributed by atoms with Crippen LogP contribution in [0.2, 0.25) is 0 Å². The van der Waals surface area contributed by atoms with Crippen LogP contribution >= 0.6 is 0 Å². The lowest BCUT2D eigenvalue weighted by Crippen LogP contribution is -2.08. The first-order valence-corrected chi connectivity index (χ1v) is 6.06. The highest BCUT2D eigenvalue weighted by Crippen LogP contribution is 2.27. The molecule has 0 fully saturated rings. The van der Waals surface area contributed by atoms with Gasteiger partial charge >= 0.3 is 0 Å². The molecular weight excluding hydrogens is 238 g/mol. The molecular formula is C16H13NO2. The number of hydrogen-bond donors (Lipinski definition) is 1. The number of nitrogens with two attached hydrogens (primary N) is 1. The van der Waals surface area contributed by atoms with E-state index in [-0.39, 0.29) is 5.43 Å². The Kier molecular flexibility index (Phi) is 2.60. The summed E-state index contributed by atoms with van der Waals surface area (Å²) in [6.07, 6.45) is 0. The predicted octanol–water partition coefficient (Wildman–Crippen LogP) is 3.35. The molecule has 3 rings (SSSR count).